The maximum atomic E-state index is 12.5. The van der Waals surface area contributed by atoms with Gasteiger partial charge >= 0.3 is 0 Å². The first-order valence-corrected chi connectivity index (χ1v) is 12.1. The Morgan fingerprint density at radius 3 is 2.20 bits per heavy atom. The maximum Gasteiger partial charge on any atom is 0.240 e. The molecule has 0 saturated carbocycles. The summed E-state index contributed by atoms with van der Waals surface area (Å²) in [6.45, 7) is 9.35. The first-order chi connectivity index (χ1) is 14.3. The van der Waals surface area contributed by atoms with Crippen LogP contribution in [-0.4, -0.2) is 59.7 Å². The molecule has 0 atom stereocenters. The Balaban J connectivity index is 1.49. The largest absolute Gasteiger partial charge is 0.493 e. The lowest BCUT2D eigenvalue weighted by atomic mass is 10.1. The zero-order chi connectivity index (χ0) is 21.6. The van der Waals surface area contributed by atoms with Crippen molar-refractivity contribution in [2.24, 2.45) is 5.92 Å². The van der Waals surface area contributed by atoms with Gasteiger partial charge in [-0.25, -0.2) is 13.1 Å². The van der Waals surface area contributed by atoms with E-state index in [4.69, 9.17) is 4.74 Å². The van der Waals surface area contributed by atoms with Crippen LogP contribution in [0.5, 0.6) is 5.75 Å². The van der Waals surface area contributed by atoms with Gasteiger partial charge in [-0.05, 0) is 61.3 Å². The summed E-state index contributed by atoms with van der Waals surface area (Å²) in [5.41, 5.74) is 2.35. The van der Waals surface area contributed by atoms with E-state index < -0.39 is 10.0 Å². The van der Waals surface area contributed by atoms with Gasteiger partial charge in [0.05, 0.1) is 11.5 Å². The number of ether oxygens (including phenoxy) is 1. The molecule has 3 rings (SSSR count). The van der Waals surface area contributed by atoms with Crippen molar-refractivity contribution in [1.82, 2.24) is 9.62 Å². The molecule has 30 heavy (non-hydrogen) atoms. The average molecular weight is 432 g/mol. The fraction of sp³-hybridized carbons (Fsp3) is 0.478. The van der Waals surface area contributed by atoms with Gasteiger partial charge in [-0.15, -0.1) is 0 Å². The summed E-state index contributed by atoms with van der Waals surface area (Å²) >= 11 is 0. The highest BCUT2D eigenvalue weighted by Crippen LogP contribution is 2.18. The van der Waals surface area contributed by atoms with Crippen molar-refractivity contribution in [3.05, 3.63) is 54.1 Å². The van der Waals surface area contributed by atoms with Gasteiger partial charge in [0.2, 0.25) is 10.0 Å². The SMILES string of the molecule is CC(C)COc1ccc(S(=O)(=O)NCCc2ccc(N3CCN(C)CC3)cc2)cc1. The Kier molecular flexibility index (Phi) is 7.75. The Labute approximate surface area is 180 Å². The molecule has 0 spiro atoms. The maximum absolute atomic E-state index is 12.5. The highest BCUT2D eigenvalue weighted by Gasteiger charge is 2.15. The molecule has 0 aromatic heterocycles. The molecule has 2 aromatic carbocycles. The molecule has 1 aliphatic heterocycles. The molecule has 0 aliphatic carbocycles. The number of hydrogen-bond acceptors (Lipinski definition) is 5. The van der Waals surface area contributed by atoms with Gasteiger partial charge in [0.25, 0.3) is 0 Å². The van der Waals surface area contributed by atoms with Gasteiger partial charge < -0.3 is 14.5 Å². The predicted molar refractivity (Wildman–Crippen MR) is 122 cm³/mol. The van der Waals surface area contributed by atoms with E-state index in [2.05, 4.69) is 59.7 Å². The lowest BCUT2D eigenvalue weighted by Crippen LogP contribution is -2.44. The van der Waals surface area contributed by atoms with Gasteiger partial charge in [0.15, 0.2) is 0 Å². The molecule has 1 heterocycles. The molecule has 0 radical (unpaired) electrons. The van der Waals surface area contributed by atoms with Crippen molar-refractivity contribution >= 4 is 15.7 Å². The third-order valence-corrected chi connectivity index (χ3v) is 6.70. The highest BCUT2D eigenvalue weighted by atomic mass is 32.2. The van der Waals surface area contributed by atoms with Crippen LogP contribution >= 0.6 is 0 Å². The quantitative estimate of drug-likeness (QED) is 0.661. The first kappa shape index (κ1) is 22.6. The summed E-state index contributed by atoms with van der Waals surface area (Å²) < 4.78 is 33.4. The van der Waals surface area contributed by atoms with Crippen molar-refractivity contribution in [2.45, 2.75) is 25.2 Å². The lowest BCUT2D eigenvalue weighted by molar-refractivity contribution is 0.271. The van der Waals surface area contributed by atoms with E-state index in [1.807, 2.05) is 0 Å². The second kappa shape index (κ2) is 10.3. The van der Waals surface area contributed by atoms with Gasteiger partial charge in [-0.1, -0.05) is 26.0 Å². The number of hydrogen-bond donors (Lipinski definition) is 1. The first-order valence-electron chi connectivity index (χ1n) is 10.6. The van der Waals surface area contributed by atoms with E-state index in [0.717, 1.165) is 31.7 Å². The molecule has 7 heteroatoms. The second-order valence-electron chi connectivity index (χ2n) is 8.28. The van der Waals surface area contributed by atoms with Crippen molar-refractivity contribution in [3.63, 3.8) is 0 Å². The van der Waals surface area contributed by atoms with Crippen LogP contribution in [0.1, 0.15) is 19.4 Å². The minimum Gasteiger partial charge on any atom is -0.493 e. The van der Waals surface area contributed by atoms with Crippen LogP contribution in [0, 0.1) is 5.92 Å². The van der Waals surface area contributed by atoms with Crippen LogP contribution in [0.2, 0.25) is 0 Å². The predicted octanol–water partition coefficient (Wildman–Crippen LogP) is 2.99. The average Bonchev–Trinajstić information content (AvgIpc) is 2.73. The Morgan fingerprint density at radius 1 is 0.967 bits per heavy atom. The van der Waals surface area contributed by atoms with Crippen molar-refractivity contribution < 1.29 is 13.2 Å². The molecule has 2 aromatic rings. The zero-order valence-electron chi connectivity index (χ0n) is 18.2. The number of nitrogens with one attached hydrogen (secondary N) is 1. The lowest BCUT2D eigenvalue weighted by Gasteiger charge is -2.34. The van der Waals surface area contributed by atoms with Gasteiger partial charge in [0.1, 0.15) is 5.75 Å². The molecule has 0 amide bonds. The Bertz CT molecular complexity index is 888. The number of piperazine rings is 1. The Morgan fingerprint density at radius 2 is 1.60 bits per heavy atom. The highest BCUT2D eigenvalue weighted by molar-refractivity contribution is 7.89. The smallest absolute Gasteiger partial charge is 0.240 e. The number of anilines is 1. The minimum absolute atomic E-state index is 0.254. The summed E-state index contributed by atoms with van der Waals surface area (Å²) in [6.07, 6.45) is 0.651. The molecule has 6 nitrogen and oxygen atoms in total. The van der Waals surface area contributed by atoms with Gasteiger partial charge in [-0.2, -0.15) is 0 Å². The van der Waals surface area contributed by atoms with Crippen LogP contribution in [0.25, 0.3) is 0 Å². The van der Waals surface area contributed by atoms with Gasteiger partial charge in [0, 0.05) is 38.4 Å². The topological polar surface area (TPSA) is 61.9 Å². The number of nitrogens with zero attached hydrogens (tertiary/aromatic N) is 2. The summed E-state index contributed by atoms with van der Waals surface area (Å²) in [5, 5.41) is 0. The number of likely N-dealkylation sites (N-methyl/N-ethyl adjacent to an activating group) is 1. The van der Waals surface area contributed by atoms with Crippen molar-refractivity contribution in [1.29, 1.82) is 0 Å². The molecule has 1 fully saturated rings. The number of sulfonamides is 1. The van der Waals surface area contributed by atoms with Crippen LogP contribution in [0.3, 0.4) is 0 Å². The summed E-state index contributed by atoms with van der Waals surface area (Å²) in [4.78, 5) is 4.98. The number of rotatable bonds is 9. The fourth-order valence-electron chi connectivity index (χ4n) is 3.33. The molecule has 1 aliphatic rings. The van der Waals surface area contributed by atoms with E-state index in [9.17, 15) is 8.42 Å². The standard InChI is InChI=1S/C23H33N3O3S/c1-19(2)18-29-22-8-10-23(11-9-22)30(27,28)24-13-12-20-4-6-21(7-5-20)26-16-14-25(3)15-17-26/h4-11,19,24H,12-18H2,1-3H3. The zero-order valence-corrected chi connectivity index (χ0v) is 19.0. The second-order valence-corrected chi connectivity index (χ2v) is 10.0. The Hall–Kier alpha value is -2.09. The van der Waals surface area contributed by atoms with Crippen LogP contribution in [0.15, 0.2) is 53.4 Å². The fourth-order valence-corrected chi connectivity index (χ4v) is 4.36. The summed E-state index contributed by atoms with van der Waals surface area (Å²) in [7, 11) is -1.38. The molecule has 1 N–H and O–H groups in total. The van der Waals surface area contributed by atoms with E-state index in [0.29, 0.717) is 31.2 Å². The summed E-state index contributed by atoms with van der Waals surface area (Å²) in [6, 6.07) is 15.0. The third-order valence-electron chi connectivity index (χ3n) is 5.23. The van der Waals surface area contributed by atoms with Crippen molar-refractivity contribution in [3.8, 4) is 5.75 Å². The van der Waals surface area contributed by atoms with Crippen LogP contribution in [-0.2, 0) is 16.4 Å². The normalized spacial score (nSPS) is 15.5. The van der Waals surface area contributed by atoms with E-state index >= 15 is 0 Å². The molecule has 0 unspecified atom stereocenters. The monoisotopic (exact) mass is 431 g/mol. The molecular weight excluding hydrogens is 398 g/mol. The van der Waals surface area contributed by atoms with Gasteiger partial charge in [-0.3, -0.25) is 0 Å². The molecule has 1 saturated heterocycles. The van der Waals surface area contributed by atoms with E-state index in [1.165, 1.54) is 5.69 Å². The minimum atomic E-state index is -3.53. The van der Waals surface area contributed by atoms with E-state index in [1.54, 1.807) is 24.3 Å². The molecular formula is C23H33N3O3S. The molecule has 0 bridgehead atoms. The molecule has 164 valence electrons. The van der Waals surface area contributed by atoms with Crippen LogP contribution < -0.4 is 14.4 Å². The van der Waals surface area contributed by atoms with E-state index in [-0.39, 0.29) is 4.90 Å². The van der Waals surface area contributed by atoms with Crippen molar-refractivity contribution in [2.75, 3.05) is 51.3 Å². The number of benzene rings is 2. The van der Waals surface area contributed by atoms with Crippen LogP contribution in [0.4, 0.5) is 5.69 Å². The summed E-state index contributed by atoms with van der Waals surface area (Å²) in [5.74, 6) is 1.11. The third kappa shape index (κ3) is 6.45.